The fraction of sp³-hybridized carbons (Fsp3) is 0.368. The van der Waals surface area contributed by atoms with E-state index in [2.05, 4.69) is 35.9 Å². The highest BCUT2D eigenvalue weighted by Gasteiger charge is 2.37. The SMILES string of the molecule is C[C@H]1CC[C@H](c2ccc3ccccc3c2)N(C(=O)C(=O)OCC(F)(F)F)C1.C[C@H]1CC[C@H](c2ccc3ccccc3c2)N(C(=O)C(N)=O)C1. The van der Waals surface area contributed by atoms with Crippen LogP contribution in [0.15, 0.2) is 84.9 Å². The minimum Gasteiger partial charge on any atom is -0.449 e. The number of nitrogens with zero attached hydrogens (tertiary/aromatic N) is 2. The van der Waals surface area contributed by atoms with Crippen molar-refractivity contribution in [2.75, 3.05) is 19.7 Å². The summed E-state index contributed by atoms with van der Waals surface area (Å²) in [5, 5.41) is 4.36. The number of benzene rings is 4. The maximum atomic E-state index is 12.5. The van der Waals surface area contributed by atoms with E-state index in [1.807, 2.05) is 67.6 Å². The Kier molecular flexibility index (Phi) is 10.9. The number of hydrogen-bond acceptors (Lipinski definition) is 5. The Morgan fingerprint density at radius 2 is 1.10 bits per heavy atom. The van der Waals surface area contributed by atoms with E-state index in [9.17, 15) is 32.3 Å². The molecule has 49 heavy (non-hydrogen) atoms. The first-order valence-electron chi connectivity index (χ1n) is 16.4. The third-order valence-electron chi connectivity index (χ3n) is 9.23. The molecule has 11 heteroatoms. The summed E-state index contributed by atoms with van der Waals surface area (Å²) >= 11 is 0. The van der Waals surface area contributed by atoms with Gasteiger partial charge in [-0.2, -0.15) is 13.2 Å². The predicted octanol–water partition coefficient (Wildman–Crippen LogP) is 6.87. The molecule has 258 valence electrons. The van der Waals surface area contributed by atoms with Gasteiger partial charge in [-0.05, 0) is 82.3 Å². The Morgan fingerprint density at radius 1 is 0.673 bits per heavy atom. The highest BCUT2D eigenvalue weighted by molar-refractivity contribution is 6.34. The van der Waals surface area contributed by atoms with Crippen molar-refractivity contribution in [3.8, 4) is 0 Å². The van der Waals surface area contributed by atoms with Crippen molar-refractivity contribution in [3.05, 3.63) is 96.1 Å². The van der Waals surface area contributed by atoms with E-state index in [1.165, 1.54) is 10.3 Å². The van der Waals surface area contributed by atoms with Crippen LogP contribution >= 0.6 is 0 Å². The van der Waals surface area contributed by atoms with E-state index in [0.717, 1.165) is 46.5 Å². The van der Waals surface area contributed by atoms with Gasteiger partial charge in [0.05, 0.1) is 12.1 Å². The third-order valence-corrected chi connectivity index (χ3v) is 9.23. The summed E-state index contributed by atoms with van der Waals surface area (Å²) in [6.45, 7) is 3.16. The van der Waals surface area contributed by atoms with Gasteiger partial charge >= 0.3 is 29.9 Å². The lowest BCUT2D eigenvalue weighted by molar-refractivity contribution is -0.190. The summed E-state index contributed by atoms with van der Waals surface area (Å²) in [6.07, 6.45) is -1.27. The second-order valence-electron chi connectivity index (χ2n) is 13.1. The Morgan fingerprint density at radius 3 is 1.53 bits per heavy atom. The Hall–Kier alpha value is -4.93. The first-order valence-corrected chi connectivity index (χ1v) is 16.4. The van der Waals surface area contributed by atoms with Crippen LogP contribution in [0.3, 0.4) is 0 Å². The van der Waals surface area contributed by atoms with Crippen LogP contribution in [0.25, 0.3) is 21.5 Å². The van der Waals surface area contributed by atoms with Crippen molar-refractivity contribution in [1.29, 1.82) is 0 Å². The van der Waals surface area contributed by atoms with Crippen LogP contribution in [0, 0.1) is 11.8 Å². The number of amides is 3. The Bertz CT molecular complexity index is 1840. The molecule has 0 radical (unpaired) electrons. The van der Waals surface area contributed by atoms with E-state index in [4.69, 9.17) is 5.73 Å². The third kappa shape index (κ3) is 8.76. The molecule has 0 bridgehead atoms. The number of ether oxygens (including phenoxy) is 1. The smallest absolute Gasteiger partial charge is 0.422 e. The summed E-state index contributed by atoms with van der Waals surface area (Å²) in [5.41, 5.74) is 7.14. The molecule has 0 aromatic heterocycles. The summed E-state index contributed by atoms with van der Waals surface area (Å²) in [5.74, 6) is -3.40. The molecule has 2 aliphatic heterocycles. The number of hydrogen-bond donors (Lipinski definition) is 1. The lowest BCUT2D eigenvalue weighted by Gasteiger charge is -2.38. The number of carbonyl (C=O) groups excluding carboxylic acids is 4. The molecule has 0 saturated carbocycles. The molecule has 8 nitrogen and oxygen atoms in total. The molecular formula is C38H40F3N3O5. The average molecular weight is 676 g/mol. The van der Waals surface area contributed by atoms with Gasteiger partial charge in [-0.15, -0.1) is 0 Å². The number of halogens is 3. The molecule has 2 saturated heterocycles. The molecule has 6 rings (SSSR count). The fourth-order valence-corrected chi connectivity index (χ4v) is 6.75. The summed E-state index contributed by atoms with van der Waals surface area (Å²) in [4.78, 5) is 50.8. The number of alkyl halides is 3. The zero-order valence-corrected chi connectivity index (χ0v) is 27.5. The molecule has 4 aromatic carbocycles. The van der Waals surface area contributed by atoms with Gasteiger partial charge in [0.25, 0.3) is 0 Å². The van der Waals surface area contributed by atoms with Gasteiger partial charge in [-0.1, -0.05) is 86.6 Å². The van der Waals surface area contributed by atoms with Crippen molar-refractivity contribution < 1.29 is 37.1 Å². The van der Waals surface area contributed by atoms with E-state index < -0.39 is 36.5 Å². The van der Waals surface area contributed by atoms with Gasteiger partial charge in [-0.25, -0.2) is 4.79 Å². The Balaban J connectivity index is 0.000000195. The number of primary amides is 1. The molecule has 2 N–H and O–H groups in total. The predicted molar refractivity (Wildman–Crippen MR) is 180 cm³/mol. The number of esters is 1. The number of fused-ring (bicyclic) bond motifs is 2. The molecular weight excluding hydrogens is 635 g/mol. The van der Waals surface area contributed by atoms with Gasteiger partial charge in [0, 0.05) is 13.1 Å². The molecule has 0 unspecified atom stereocenters. The van der Waals surface area contributed by atoms with Crippen molar-refractivity contribution in [1.82, 2.24) is 9.80 Å². The minimum atomic E-state index is -4.66. The zero-order valence-electron chi connectivity index (χ0n) is 27.5. The van der Waals surface area contributed by atoms with Gasteiger partial charge in [-0.3, -0.25) is 14.4 Å². The lowest BCUT2D eigenvalue weighted by Crippen LogP contribution is -2.46. The zero-order chi connectivity index (χ0) is 35.3. The summed E-state index contributed by atoms with van der Waals surface area (Å²) in [7, 11) is 0. The van der Waals surface area contributed by atoms with E-state index in [0.29, 0.717) is 25.4 Å². The van der Waals surface area contributed by atoms with Crippen molar-refractivity contribution in [2.24, 2.45) is 17.6 Å². The number of likely N-dealkylation sites (tertiary alicyclic amines) is 2. The summed E-state index contributed by atoms with van der Waals surface area (Å²) < 4.78 is 41.0. The average Bonchev–Trinajstić information content (AvgIpc) is 3.09. The number of piperidine rings is 2. The molecule has 4 atom stereocenters. The van der Waals surface area contributed by atoms with E-state index in [-0.39, 0.29) is 18.0 Å². The first kappa shape index (κ1) is 35.4. The molecule has 3 amide bonds. The summed E-state index contributed by atoms with van der Waals surface area (Å²) in [6, 6.07) is 27.5. The van der Waals surface area contributed by atoms with Gasteiger partial charge in [0.2, 0.25) is 0 Å². The minimum absolute atomic E-state index is 0.0687. The number of carbonyl (C=O) groups is 4. The second-order valence-corrected chi connectivity index (χ2v) is 13.1. The second kappa shape index (κ2) is 15.1. The molecule has 4 aromatic rings. The standard InChI is InChI=1S/C20H20F3NO3.C18H20N2O2/c1-13-6-9-17(16-8-7-14-4-2-3-5-15(14)10-16)24(11-13)18(25)19(26)27-12-20(21,22)23;1-12-6-9-16(20(11-12)18(22)17(19)21)15-8-7-13-4-2-3-5-14(13)10-15/h2-5,7-8,10,13,17H,6,9,11-12H2,1H3;2-5,7-8,10,12,16H,6,9,11H2,1H3,(H2,19,21)/t13-,17+;12-,16+/m00/s1. The van der Waals surface area contributed by atoms with Crippen LogP contribution in [0.2, 0.25) is 0 Å². The normalized spacial score (nSPS) is 21.1. The van der Waals surface area contributed by atoms with Crippen LogP contribution in [0.1, 0.15) is 62.7 Å². The van der Waals surface area contributed by atoms with Crippen LogP contribution in [-0.2, 0) is 23.9 Å². The largest absolute Gasteiger partial charge is 0.449 e. The number of nitrogens with two attached hydrogens (primary N) is 1. The first-order chi connectivity index (χ1) is 23.3. The topological polar surface area (TPSA) is 110 Å². The van der Waals surface area contributed by atoms with Gasteiger partial charge in [0.1, 0.15) is 0 Å². The van der Waals surface area contributed by atoms with Gasteiger partial charge < -0.3 is 20.3 Å². The van der Waals surface area contributed by atoms with Crippen molar-refractivity contribution in [2.45, 2.75) is 57.8 Å². The maximum Gasteiger partial charge on any atom is 0.422 e. The van der Waals surface area contributed by atoms with Gasteiger partial charge in [0.15, 0.2) is 6.61 Å². The van der Waals surface area contributed by atoms with Crippen LogP contribution in [-0.4, -0.2) is 59.4 Å². The monoisotopic (exact) mass is 675 g/mol. The number of rotatable bonds is 3. The molecule has 2 aliphatic rings. The highest BCUT2D eigenvalue weighted by Crippen LogP contribution is 2.36. The highest BCUT2D eigenvalue weighted by atomic mass is 19.4. The van der Waals surface area contributed by atoms with E-state index in [1.54, 1.807) is 4.90 Å². The molecule has 0 spiro atoms. The van der Waals surface area contributed by atoms with Crippen LogP contribution < -0.4 is 5.73 Å². The molecule has 2 heterocycles. The maximum absolute atomic E-state index is 12.5. The Labute approximate surface area is 283 Å². The fourth-order valence-electron chi connectivity index (χ4n) is 6.75. The van der Waals surface area contributed by atoms with Crippen LogP contribution in [0.4, 0.5) is 13.2 Å². The van der Waals surface area contributed by atoms with E-state index >= 15 is 0 Å². The lowest BCUT2D eigenvalue weighted by atomic mass is 9.89. The van der Waals surface area contributed by atoms with Crippen molar-refractivity contribution in [3.63, 3.8) is 0 Å². The molecule has 0 aliphatic carbocycles. The van der Waals surface area contributed by atoms with Crippen molar-refractivity contribution >= 4 is 45.2 Å². The quantitative estimate of drug-likeness (QED) is 0.188. The molecule has 2 fully saturated rings. The van der Waals surface area contributed by atoms with Crippen LogP contribution in [0.5, 0.6) is 0 Å².